The molecule has 1 aliphatic rings. The molecular weight excluding hydrogens is 437 g/mol. The van der Waals surface area contributed by atoms with E-state index in [0.717, 1.165) is 0 Å². The molecule has 0 saturated heterocycles. The highest BCUT2D eigenvalue weighted by molar-refractivity contribution is 6.06. The third-order valence-corrected chi connectivity index (χ3v) is 5.42. The maximum atomic E-state index is 13.4. The normalized spacial score (nSPS) is 15.8. The molecule has 0 fully saturated rings. The van der Waals surface area contributed by atoms with Crippen molar-refractivity contribution in [3.05, 3.63) is 23.7 Å². The smallest absolute Gasteiger partial charge is 0.383 e. The van der Waals surface area contributed by atoms with E-state index in [-0.39, 0.29) is 34.9 Å². The summed E-state index contributed by atoms with van der Waals surface area (Å²) in [6.45, 7) is 3.32. The first-order valence-corrected chi connectivity index (χ1v) is 9.48. The summed E-state index contributed by atoms with van der Waals surface area (Å²) >= 11 is 0. The zero-order valence-corrected chi connectivity index (χ0v) is 17.2. The van der Waals surface area contributed by atoms with E-state index in [1.807, 2.05) is 0 Å². The number of fused-ring (bicyclic) bond motifs is 2. The number of amides is 1. The van der Waals surface area contributed by atoms with Gasteiger partial charge in [-0.05, 0) is 19.9 Å². The summed E-state index contributed by atoms with van der Waals surface area (Å²) in [7, 11) is 1.63. The van der Waals surface area contributed by atoms with E-state index in [0.29, 0.717) is 16.6 Å². The fourth-order valence-corrected chi connectivity index (χ4v) is 3.54. The Kier molecular flexibility index (Phi) is 4.65. The molecule has 0 radical (unpaired) electrons. The Morgan fingerprint density at radius 1 is 1.12 bits per heavy atom. The second kappa shape index (κ2) is 6.81. The molecule has 3 aromatic rings. The minimum absolute atomic E-state index is 0.0123. The molecule has 8 nitrogen and oxygen atoms in total. The lowest BCUT2D eigenvalue weighted by Gasteiger charge is -2.19. The van der Waals surface area contributed by atoms with E-state index >= 15 is 0 Å². The van der Waals surface area contributed by atoms with Gasteiger partial charge in [-0.1, -0.05) is 0 Å². The summed E-state index contributed by atoms with van der Waals surface area (Å²) in [6.07, 6.45) is -6.29. The van der Waals surface area contributed by atoms with Crippen molar-refractivity contribution < 1.29 is 26.7 Å². The van der Waals surface area contributed by atoms with Crippen molar-refractivity contribution in [1.82, 2.24) is 24.5 Å². The van der Waals surface area contributed by atoms with Gasteiger partial charge < -0.3 is 15.6 Å². The number of carbonyl (C=O) groups excluding carboxylic acids is 1. The number of nitrogens with one attached hydrogen (secondary N) is 1. The molecule has 0 aromatic carbocycles. The highest BCUT2D eigenvalue weighted by atomic mass is 19.4. The molecule has 0 saturated carbocycles. The molecule has 0 aliphatic carbocycles. The number of rotatable bonds is 4. The van der Waals surface area contributed by atoms with Crippen molar-refractivity contribution >= 4 is 28.6 Å². The molecule has 0 atom stereocenters. The van der Waals surface area contributed by atoms with Gasteiger partial charge in [0.05, 0.1) is 11.0 Å². The van der Waals surface area contributed by atoms with Crippen LogP contribution in [0.4, 0.5) is 33.6 Å². The van der Waals surface area contributed by atoms with Gasteiger partial charge in [0.1, 0.15) is 28.8 Å². The molecule has 170 valence electrons. The van der Waals surface area contributed by atoms with E-state index in [9.17, 15) is 26.7 Å². The molecule has 13 heteroatoms. The van der Waals surface area contributed by atoms with Crippen LogP contribution in [0.25, 0.3) is 22.6 Å². The van der Waals surface area contributed by atoms with Gasteiger partial charge in [0, 0.05) is 31.5 Å². The molecule has 4 rings (SSSR count). The van der Waals surface area contributed by atoms with Crippen molar-refractivity contribution in [2.45, 2.75) is 44.2 Å². The van der Waals surface area contributed by atoms with Gasteiger partial charge in [0.25, 0.3) is 0 Å². The van der Waals surface area contributed by atoms with Crippen LogP contribution in [-0.4, -0.2) is 42.5 Å². The highest BCUT2D eigenvalue weighted by Crippen LogP contribution is 2.41. The summed E-state index contributed by atoms with van der Waals surface area (Å²) < 4.78 is 66.1. The number of halogens is 5. The van der Waals surface area contributed by atoms with Crippen LogP contribution in [0.15, 0.2) is 12.3 Å². The standard InChI is InChI=1S/C19H18F5N7O/c1-17(2)10-12(25)28-14(29-13(10)30-16(17)32)11-8-5-7-31(3)15(8)27-9(26-11)4-6-18(20,21)19(22,23)24/h5,7H,4,6H2,1-3H3,(H3,25,28,29,30,32). The Morgan fingerprint density at radius 2 is 1.81 bits per heavy atom. The number of carbonyl (C=O) groups is 1. The molecule has 0 spiro atoms. The molecule has 0 bridgehead atoms. The molecule has 32 heavy (non-hydrogen) atoms. The second-order valence-electron chi connectivity index (χ2n) is 8.09. The van der Waals surface area contributed by atoms with Crippen LogP contribution in [0.2, 0.25) is 0 Å². The number of alkyl halides is 5. The molecule has 3 aromatic heterocycles. The molecule has 4 heterocycles. The largest absolute Gasteiger partial charge is 0.453 e. The van der Waals surface area contributed by atoms with E-state index in [1.165, 1.54) is 0 Å². The minimum Gasteiger partial charge on any atom is -0.383 e. The quantitative estimate of drug-likeness (QED) is 0.584. The van der Waals surface area contributed by atoms with Gasteiger partial charge in [-0.15, -0.1) is 0 Å². The van der Waals surface area contributed by atoms with Crippen LogP contribution < -0.4 is 11.1 Å². The predicted octanol–water partition coefficient (Wildman–Crippen LogP) is 3.37. The number of aryl methyl sites for hydroxylation is 2. The lowest BCUT2D eigenvalue weighted by atomic mass is 9.87. The number of hydrogen-bond donors (Lipinski definition) is 2. The average molecular weight is 455 g/mol. The zero-order valence-electron chi connectivity index (χ0n) is 17.2. The van der Waals surface area contributed by atoms with Crippen LogP contribution in [-0.2, 0) is 23.7 Å². The Balaban J connectivity index is 1.81. The monoisotopic (exact) mass is 455 g/mol. The van der Waals surface area contributed by atoms with Gasteiger partial charge in [0.15, 0.2) is 5.82 Å². The number of nitrogen functional groups attached to an aromatic ring is 1. The van der Waals surface area contributed by atoms with Crippen LogP contribution in [0.3, 0.4) is 0 Å². The predicted molar refractivity (Wildman–Crippen MR) is 105 cm³/mol. The van der Waals surface area contributed by atoms with Crippen LogP contribution in [0.1, 0.15) is 31.7 Å². The van der Waals surface area contributed by atoms with Crippen molar-refractivity contribution in [3.63, 3.8) is 0 Å². The molecular formula is C19H18F5N7O. The highest BCUT2D eigenvalue weighted by Gasteiger charge is 2.56. The number of anilines is 2. The van der Waals surface area contributed by atoms with E-state index in [4.69, 9.17) is 5.73 Å². The Morgan fingerprint density at radius 3 is 2.47 bits per heavy atom. The summed E-state index contributed by atoms with van der Waals surface area (Å²) in [5.74, 6) is -5.24. The van der Waals surface area contributed by atoms with E-state index in [2.05, 4.69) is 25.3 Å². The Bertz CT molecular complexity index is 1250. The van der Waals surface area contributed by atoms with Crippen LogP contribution >= 0.6 is 0 Å². The number of nitrogens with zero attached hydrogens (tertiary/aromatic N) is 5. The van der Waals surface area contributed by atoms with Gasteiger partial charge >= 0.3 is 12.1 Å². The summed E-state index contributed by atoms with van der Waals surface area (Å²) in [6, 6.07) is 1.63. The van der Waals surface area contributed by atoms with Crippen molar-refractivity contribution in [2.75, 3.05) is 11.1 Å². The first kappa shape index (κ1) is 21.8. The minimum atomic E-state index is -5.67. The van der Waals surface area contributed by atoms with E-state index < -0.39 is 30.4 Å². The molecule has 1 amide bonds. The third-order valence-electron chi connectivity index (χ3n) is 5.42. The Hall–Kier alpha value is -3.38. The zero-order chi connectivity index (χ0) is 23.6. The number of aromatic nitrogens is 5. The summed E-state index contributed by atoms with van der Waals surface area (Å²) in [4.78, 5) is 29.1. The van der Waals surface area contributed by atoms with Crippen molar-refractivity contribution in [1.29, 1.82) is 0 Å². The lowest BCUT2D eigenvalue weighted by molar-refractivity contribution is -0.284. The van der Waals surface area contributed by atoms with Gasteiger partial charge in [-0.2, -0.15) is 22.0 Å². The van der Waals surface area contributed by atoms with Crippen LogP contribution in [0.5, 0.6) is 0 Å². The maximum Gasteiger partial charge on any atom is 0.453 e. The molecule has 1 aliphatic heterocycles. The van der Waals surface area contributed by atoms with Gasteiger partial charge in [-0.25, -0.2) is 19.9 Å². The SMILES string of the molecule is Cn1ccc2c(-c3nc(N)c4c(n3)NC(=O)C4(C)C)nc(CCC(F)(F)C(F)(F)F)nc21. The number of nitrogens with two attached hydrogens (primary N) is 1. The fourth-order valence-electron chi connectivity index (χ4n) is 3.54. The summed E-state index contributed by atoms with van der Waals surface area (Å²) in [5, 5.41) is 3.07. The topological polar surface area (TPSA) is 112 Å². The maximum absolute atomic E-state index is 13.4. The van der Waals surface area contributed by atoms with E-state index in [1.54, 1.807) is 37.7 Å². The first-order chi connectivity index (χ1) is 14.7. The second-order valence-corrected chi connectivity index (χ2v) is 8.09. The summed E-state index contributed by atoms with van der Waals surface area (Å²) in [5.41, 5.74) is 5.94. The van der Waals surface area contributed by atoms with Crippen molar-refractivity contribution in [2.24, 2.45) is 7.05 Å². The lowest BCUT2D eigenvalue weighted by Crippen LogP contribution is -2.36. The Labute approximate surface area is 178 Å². The average Bonchev–Trinajstić information content (AvgIpc) is 3.15. The van der Waals surface area contributed by atoms with Gasteiger partial charge in [-0.3, -0.25) is 4.79 Å². The van der Waals surface area contributed by atoms with Gasteiger partial charge in [0.2, 0.25) is 5.91 Å². The molecule has 3 N–H and O–H groups in total. The van der Waals surface area contributed by atoms with Crippen molar-refractivity contribution in [3.8, 4) is 11.5 Å². The fraction of sp³-hybridized carbons (Fsp3) is 0.421. The first-order valence-electron chi connectivity index (χ1n) is 9.48. The number of hydrogen-bond acceptors (Lipinski definition) is 6. The molecule has 0 unspecified atom stereocenters. The van der Waals surface area contributed by atoms with Crippen LogP contribution in [0, 0.1) is 0 Å². The third kappa shape index (κ3) is 3.31.